The zero-order valence-corrected chi connectivity index (χ0v) is 18.8. The molecule has 2 amide bonds. The lowest BCUT2D eigenvalue weighted by Gasteiger charge is -2.28. The Morgan fingerprint density at radius 2 is 1.84 bits per heavy atom. The van der Waals surface area contributed by atoms with E-state index in [2.05, 4.69) is 0 Å². The molecule has 0 N–H and O–H groups in total. The van der Waals surface area contributed by atoms with Crippen LogP contribution in [0.25, 0.3) is 0 Å². The maximum atomic E-state index is 13.5. The predicted molar refractivity (Wildman–Crippen MR) is 122 cm³/mol. The van der Waals surface area contributed by atoms with Crippen LogP contribution in [0.5, 0.6) is 11.5 Å². The third-order valence-corrected chi connectivity index (χ3v) is 7.03. The van der Waals surface area contributed by atoms with E-state index in [1.807, 2.05) is 55.1 Å². The number of carbonyl (C=O) groups excluding carboxylic acids is 2. The van der Waals surface area contributed by atoms with Gasteiger partial charge in [0.05, 0.1) is 25.2 Å². The minimum Gasteiger partial charge on any atom is -0.490 e. The van der Waals surface area contributed by atoms with E-state index in [4.69, 9.17) is 9.47 Å². The topological polar surface area (TPSA) is 59.1 Å². The van der Waals surface area contributed by atoms with Gasteiger partial charge in [-0.3, -0.25) is 9.59 Å². The molecule has 0 radical (unpaired) electrons. The number of ether oxygens (including phenoxy) is 2. The van der Waals surface area contributed by atoms with E-state index >= 15 is 0 Å². The first-order valence-corrected chi connectivity index (χ1v) is 11.6. The Labute approximate surface area is 189 Å². The molecule has 6 nitrogen and oxygen atoms in total. The van der Waals surface area contributed by atoms with Crippen molar-refractivity contribution in [3.63, 3.8) is 0 Å². The highest BCUT2D eigenvalue weighted by Crippen LogP contribution is 2.39. The fraction of sp³-hybridized carbons (Fsp3) is 0.462. The highest BCUT2D eigenvalue weighted by Gasteiger charge is 2.41. The number of fused-ring (bicyclic) bond motifs is 1. The van der Waals surface area contributed by atoms with Crippen LogP contribution in [0.2, 0.25) is 0 Å². The van der Waals surface area contributed by atoms with Crippen LogP contribution in [0.1, 0.15) is 48.4 Å². The van der Waals surface area contributed by atoms with Crippen LogP contribution in [0, 0.1) is 19.8 Å². The van der Waals surface area contributed by atoms with Crippen molar-refractivity contribution in [1.82, 2.24) is 4.90 Å². The fourth-order valence-electron chi connectivity index (χ4n) is 5.13. The monoisotopic (exact) mass is 434 g/mol. The van der Waals surface area contributed by atoms with Crippen LogP contribution in [-0.4, -0.2) is 43.0 Å². The molecule has 0 spiro atoms. The second-order valence-corrected chi connectivity index (χ2v) is 9.07. The van der Waals surface area contributed by atoms with Gasteiger partial charge in [-0.15, -0.1) is 0 Å². The molecule has 2 saturated heterocycles. The third-order valence-electron chi connectivity index (χ3n) is 7.03. The summed E-state index contributed by atoms with van der Waals surface area (Å²) in [6.45, 7) is 6.56. The Bertz CT molecular complexity index is 1050. The minimum absolute atomic E-state index is 0.0181. The summed E-state index contributed by atoms with van der Waals surface area (Å²) in [6.07, 6.45) is 3.03. The van der Waals surface area contributed by atoms with Crippen LogP contribution in [0.3, 0.4) is 0 Å². The Morgan fingerprint density at radius 1 is 1.03 bits per heavy atom. The summed E-state index contributed by atoms with van der Waals surface area (Å²) in [5, 5.41) is 0. The number of rotatable bonds is 3. The predicted octanol–water partition coefficient (Wildman–Crippen LogP) is 4.18. The van der Waals surface area contributed by atoms with E-state index in [-0.39, 0.29) is 30.2 Å². The van der Waals surface area contributed by atoms with Crippen LogP contribution in [-0.2, 0) is 9.59 Å². The lowest BCUT2D eigenvalue weighted by Crippen LogP contribution is -2.37. The zero-order valence-electron chi connectivity index (χ0n) is 18.8. The van der Waals surface area contributed by atoms with Crippen molar-refractivity contribution >= 4 is 17.5 Å². The summed E-state index contributed by atoms with van der Waals surface area (Å²) in [6, 6.07) is 12.0. The Balaban J connectivity index is 1.35. The molecule has 5 rings (SSSR count). The molecule has 2 aromatic rings. The molecule has 2 fully saturated rings. The van der Waals surface area contributed by atoms with Gasteiger partial charge in [0.25, 0.3) is 0 Å². The molecule has 168 valence electrons. The number of nitrogens with zero attached hydrogens (tertiary/aromatic N) is 2. The van der Waals surface area contributed by atoms with Crippen molar-refractivity contribution in [3.8, 4) is 11.5 Å². The van der Waals surface area contributed by atoms with Crippen LogP contribution >= 0.6 is 0 Å². The van der Waals surface area contributed by atoms with Crippen molar-refractivity contribution in [2.45, 2.75) is 45.6 Å². The number of likely N-dealkylation sites (tertiary alicyclic amines) is 1. The average molecular weight is 435 g/mol. The number of hydrogen-bond donors (Lipinski definition) is 0. The summed E-state index contributed by atoms with van der Waals surface area (Å²) >= 11 is 0. The first kappa shape index (κ1) is 20.9. The van der Waals surface area contributed by atoms with E-state index in [9.17, 15) is 9.59 Å². The van der Waals surface area contributed by atoms with Gasteiger partial charge in [0, 0.05) is 31.6 Å². The second kappa shape index (κ2) is 8.49. The smallest absolute Gasteiger partial charge is 0.228 e. The van der Waals surface area contributed by atoms with E-state index < -0.39 is 0 Å². The second-order valence-electron chi connectivity index (χ2n) is 9.07. The van der Waals surface area contributed by atoms with E-state index in [1.165, 1.54) is 0 Å². The first-order valence-electron chi connectivity index (χ1n) is 11.6. The number of carbonyl (C=O) groups is 2. The molecule has 0 aromatic heterocycles. The van der Waals surface area contributed by atoms with E-state index in [0.29, 0.717) is 19.8 Å². The molecule has 3 aliphatic heterocycles. The Kier molecular flexibility index (Phi) is 5.53. The summed E-state index contributed by atoms with van der Waals surface area (Å²) < 4.78 is 11.6. The summed E-state index contributed by atoms with van der Waals surface area (Å²) in [7, 11) is 0. The largest absolute Gasteiger partial charge is 0.490 e. The summed E-state index contributed by atoms with van der Waals surface area (Å²) in [4.78, 5) is 30.1. The molecule has 3 heterocycles. The molecule has 0 saturated carbocycles. The maximum Gasteiger partial charge on any atom is 0.228 e. The minimum atomic E-state index is -0.302. The van der Waals surface area contributed by atoms with Crippen molar-refractivity contribution < 1.29 is 19.1 Å². The van der Waals surface area contributed by atoms with Crippen LogP contribution < -0.4 is 14.4 Å². The molecule has 0 aliphatic carbocycles. The SMILES string of the molecule is Cc1cccc(N2C[C@@H](C(=O)N3CCC[C@@H]3c3ccc4c(c3)OCCCO4)CC2=O)c1C. The van der Waals surface area contributed by atoms with Gasteiger partial charge in [0.2, 0.25) is 11.8 Å². The van der Waals surface area contributed by atoms with Crippen molar-refractivity contribution in [2.24, 2.45) is 5.92 Å². The van der Waals surface area contributed by atoms with Gasteiger partial charge in [-0.05, 0) is 61.6 Å². The molecule has 2 aromatic carbocycles. The molecule has 3 aliphatic rings. The molecule has 6 heteroatoms. The number of anilines is 1. The summed E-state index contributed by atoms with van der Waals surface area (Å²) in [5.74, 6) is 1.34. The Morgan fingerprint density at radius 3 is 2.69 bits per heavy atom. The summed E-state index contributed by atoms with van der Waals surface area (Å²) in [5.41, 5.74) is 4.25. The fourth-order valence-corrected chi connectivity index (χ4v) is 5.13. The van der Waals surface area contributed by atoms with E-state index in [1.54, 1.807) is 4.90 Å². The zero-order chi connectivity index (χ0) is 22.2. The molecular weight excluding hydrogens is 404 g/mol. The number of hydrogen-bond acceptors (Lipinski definition) is 4. The molecule has 0 bridgehead atoms. The van der Waals surface area contributed by atoms with Crippen molar-refractivity contribution in [2.75, 3.05) is 31.2 Å². The lowest BCUT2D eigenvalue weighted by atomic mass is 10.0. The van der Waals surface area contributed by atoms with Gasteiger partial charge in [-0.1, -0.05) is 18.2 Å². The normalized spacial score (nSPS) is 22.9. The van der Waals surface area contributed by atoms with Gasteiger partial charge >= 0.3 is 0 Å². The van der Waals surface area contributed by atoms with Crippen molar-refractivity contribution in [3.05, 3.63) is 53.1 Å². The van der Waals surface area contributed by atoms with Crippen molar-refractivity contribution in [1.29, 1.82) is 0 Å². The maximum absolute atomic E-state index is 13.5. The van der Waals surface area contributed by atoms with Crippen LogP contribution in [0.4, 0.5) is 5.69 Å². The Hall–Kier alpha value is -3.02. The highest BCUT2D eigenvalue weighted by atomic mass is 16.5. The standard InChI is InChI=1S/C26H30N2O4/c1-17-6-3-7-21(18(17)2)28-16-20(15-25(28)29)26(30)27-11-4-8-22(27)19-9-10-23-24(14-19)32-13-5-12-31-23/h3,6-7,9-10,14,20,22H,4-5,8,11-13,15-16H2,1-2H3/t20-,22+/m0/s1. The lowest BCUT2D eigenvalue weighted by molar-refractivity contribution is -0.136. The number of amides is 2. The van der Waals surface area contributed by atoms with Gasteiger partial charge in [-0.25, -0.2) is 0 Å². The molecular formula is C26H30N2O4. The molecule has 32 heavy (non-hydrogen) atoms. The third kappa shape index (κ3) is 3.72. The van der Waals surface area contributed by atoms with Gasteiger partial charge in [-0.2, -0.15) is 0 Å². The first-order chi connectivity index (χ1) is 15.5. The van der Waals surface area contributed by atoms with Crippen LogP contribution in [0.15, 0.2) is 36.4 Å². The molecule has 2 atom stereocenters. The van der Waals surface area contributed by atoms with Gasteiger partial charge in [0.1, 0.15) is 0 Å². The van der Waals surface area contributed by atoms with E-state index in [0.717, 1.165) is 59.7 Å². The number of aryl methyl sites for hydroxylation is 1. The highest BCUT2D eigenvalue weighted by molar-refractivity contribution is 6.01. The number of benzene rings is 2. The quantitative estimate of drug-likeness (QED) is 0.727. The average Bonchev–Trinajstić information content (AvgIpc) is 3.36. The van der Waals surface area contributed by atoms with Gasteiger partial charge in [0.15, 0.2) is 11.5 Å². The van der Waals surface area contributed by atoms with Gasteiger partial charge < -0.3 is 19.3 Å². The molecule has 0 unspecified atom stereocenters.